The van der Waals surface area contributed by atoms with Crippen molar-refractivity contribution < 1.29 is 154 Å². The molecule has 0 aromatic heterocycles. The smallest absolute Gasteiger partial charge is 0.418 e. The molecule has 8 rings (SSSR count). The number of hydrogen-bond acceptors (Lipinski definition) is 0. The van der Waals surface area contributed by atoms with Crippen LogP contribution in [0.3, 0.4) is 0 Å². The number of unbranched alkanes of at least 4 members (excludes halogenated alkanes) is 8. The molecule has 0 unspecified atom stereocenters. The van der Waals surface area contributed by atoms with Gasteiger partial charge in [-0.05, 0) is 155 Å². The Labute approximate surface area is 558 Å². The van der Waals surface area contributed by atoms with Crippen LogP contribution in [-0.2, 0) is 12.8 Å². The van der Waals surface area contributed by atoms with E-state index >= 15 is 0 Å². The molecule has 0 atom stereocenters. The molecule has 0 fully saturated rings. The van der Waals surface area contributed by atoms with Gasteiger partial charge < -0.3 is 69.1 Å². The van der Waals surface area contributed by atoms with Crippen LogP contribution in [0.5, 0.6) is 0 Å². The minimum atomic E-state index is -6.00. The topological polar surface area (TPSA) is 0 Å². The highest BCUT2D eigenvalue weighted by molar-refractivity contribution is 6.51. The molecule has 0 saturated carbocycles. The van der Waals surface area contributed by atoms with Gasteiger partial charge >= 0.3 is 114 Å². The summed E-state index contributed by atoms with van der Waals surface area (Å²) < 4.78 is 168. The molecular formula is C65H74B4F16I4. The van der Waals surface area contributed by atoms with Crippen molar-refractivity contribution in [3.63, 3.8) is 0 Å². The molecule has 0 spiro atoms. The number of aryl methyl sites for hydroxylation is 5. The Morgan fingerprint density at radius 3 is 0.584 bits per heavy atom. The van der Waals surface area contributed by atoms with Crippen LogP contribution in [0.4, 0.5) is 69.1 Å². The average Bonchev–Trinajstić information content (AvgIpc) is 3.40. The summed E-state index contributed by atoms with van der Waals surface area (Å²) in [6, 6.07) is 77.7. The third kappa shape index (κ3) is 56.3. The van der Waals surface area contributed by atoms with Crippen molar-refractivity contribution in [1.29, 1.82) is 0 Å². The number of rotatable bonds is 20. The van der Waals surface area contributed by atoms with Crippen molar-refractivity contribution in [2.75, 3.05) is 0 Å². The van der Waals surface area contributed by atoms with E-state index < -0.39 is 29.0 Å². The van der Waals surface area contributed by atoms with E-state index in [0.29, 0.717) is 0 Å². The minimum Gasteiger partial charge on any atom is -0.418 e. The molecule has 0 N–H and O–H groups in total. The molecule has 0 saturated heterocycles. The second kappa shape index (κ2) is 47.7. The molecule has 89 heavy (non-hydrogen) atoms. The molecule has 8 aromatic carbocycles. The first-order valence-corrected chi connectivity index (χ1v) is 37.1. The van der Waals surface area contributed by atoms with Gasteiger partial charge in [0.1, 0.15) is 0 Å². The fraction of sp³-hybridized carbons (Fsp3) is 0.262. The number of benzene rings is 8. The van der Waals surface area contributed by atoms with Crippen LogP contribution >= 0.6 is 0 Å². The molecular weight excluding hydrogens is 1640 g/mol. The zero-order valence-electron chi connectivity index (χ0n) is 50.1. The monoisotopic (exact) mass is 1710 g/mol. The fourth-order valence-corrected chi connectivity index (χ4v) is 15.8. The summed E-state index contributed by atoms with van der Waals surface area (Å²) in [7, 11) is -24.0. The number of halogens is 20. The van der Waals surface area contributed by atoms with Gasteiger partial charge in [0.05, 0.1) is 0 Å². The Hall–Kier alpha value is -4.18. The Balaban J connectivity index is 0.000000553. The first kappa shape index (κ1) is 82.8. The van der Waals surface area contributed by atoms with E-state index in [0.717, 1.165) is 0 Å². The summed E-state index contributed by atoms with van der Waals surface area (Å²) >= 11 is 0.00694. The largest absolute Gasteiger partial charge is 0.673 e. The Bertz CT molecular complexity index is 2750. The first-order chi connectivity index (χ1) is 41.8. The Morgan fingerprint density at radius 1 is 0.225 bits per heavy atom. The van der Waals surface area contributed by atoms with E-state index in [9.17, 15) is 69.1 Å². The molecule has 0 aliphatic carbocycles. The van der Waals surface area contributed by atoms with Gasteiger partial charge in [0.15, 0.2) is 28.6 Å². The lowest BCUT2D eigenvalue weighted by Crippen LogP contribution is -3.61. The molecule has 8 aromatic rings. The third-order valence-electron chi connectivity index (χ3n) is 11.1. The highest BCUT2D eigenvalue weighted by Crippen LogP contribution is 2.12. The van der Waals surface area contributed by atoms with Crippen LogP contribution in [0.1, 0.15) is 106 Å². The van der Waals surface area contributed by atoms with E-state index in [1.54, 1.807) is 0 Å². The lowest BCUT2D eigenvalue weighted by Gasteiger charge is -2.01. The Kier molecular flexibility index (Phi) is 44.4. The highest BCUT2D eigenvalue weighted by Gasteiger charge is 2.23. The maximum Gasteiger partial charge on any atom is 0.673 e. The predicted octanol–water partition coefficient (Wildman–Crippen LogP) is 10.4. The zero-order valence-corrected chi connectivity index (χ0v) is 58.7. The van der Waals surface area contributed by atoms with Crippen molar-refractivity contribution in [3.05, 3.63) is 269 Å². The third-order valence-corrected chi connectivity index (χ3v) is 21.8. The van der Waals surface area contributed by atoms with Crippen molar-refractivity contribution in [3.8, 4) is 0 Å². The van der Waals surface area contributed by atoms with Crippen LogP contribution in [0.25, 0.3) is 0 Å². The lowest BCUT2D eigenvalue weighted by molar-refractivity contribution is -0.597. The molecule has 0 bridgehead atoms. The molecule has 0 nitrogen and oxygen atoms in total. The van der Waals surface area contributed by atoms with Gasteiger partial charge in [-0.3, -0.25) is 0 Å². The normalized spacial score (nSPS) is 10.8. The molecule has 0 amide bonds. The maximum absolute atomic E-state index is 9.75. The van der Waals surface area contributed by atoms with E-state index in [1.165, 1.54) is 133 Å². The van der Waals surface area contributed by atoms with Crippen LogP contribution in [0.2, 0.25) is 0 Å². The summed E-state index contributed by atoms with van der Waals surface area (Å²) in [6.45, 7) is 11.0. The average molecular weight is 1710 g/mol. The van der Waals surface area contributed by atoms with Crippen LogP contribution in [0, 0.1) is 49.3 Å². The molecule has 0 aliphatic rings. The quantitative estimate of drug-likeness (QED) is 0.0309. The van der Waals surface area contributed by atoms with Gasteiger partial charge in [-0.2, -0.15) is 0 Å². The van der Waals surface area contributed by atoms with Crippen molar-refractivity contribution in [1.82, 2.24) is 0 Å². The van der Waals surface area contributed by atoms with E-state index in [2.05, 4.69) is 247 Å². The summed E-state index contributed by atoms with van der Waals surface area (Å²) in [5.41, 5.74) is 7.04. The van der Waals surface area contributed by atoms with E-state index in [-0.39, 0.29) is 84.8 Å². The lowest BCUT2D eigenvalue weighted by atomic mass is 10.1. The second-order valence-electron chi connectivity index (χ2n) is 19.2. The second-order valence-corrected chi connectivity index (χ2v) is 31.3. The standard InChI is InChI=1S/C26H38I.C14H14I.C13H12I.C12H10I.4BF4/c1-3-5-7-9-11-13-23-15-19-25(20-16-23)27-26-21-17-24(18-22-26)14-12-10-8-6-4-2;1-11-3-7-13(8-4-11)15-14-9-5-12(2)6-10-14;1-11-7-9-13(10-8-11)14-12-5-3-2-4-6-12;1-3-7-11(8-4-1)13-12-9-5-2-6-10-12;4*2-1(3,4)5/h15-22H,3-14H2,1-2H3;3-10H,1-2H3;2-10H,1H3;1-10H;;;;/q4*+1;4*-1. The molecule has 0 aliphatic heterocycles. The predicted molar refractivity (Wildman–Crippen MR) is 321 cm³/mol. The Morgan fingerprint density at radius 2 is 0.393 bits per heavy atom. The van der Waals surface area contributed by atoms with Gasteiger partial charge in [0.25, 0.3) is 0 Å². The molecule has 0 heterocycles. The van der Waals surface area contributed by atoms with Crippen LogP contribution < -0.4 is 84.8 Å². The van der Waals surface area contributed by atoms with Crippen molar-refractivity contribution in [2.45, 2.75) is 112 Å². The van der Waals surface area contributed by atoms with E-state index in [1.807, 2.05) is 0 Å². The van der Waals surface area contributed by atoms with Crippen LogP contribution in [-0.4, -0.2) is 29.0 Å². The first-order valence-electron chi connectivity index (χ1n) is 28.5. The van der Waals surface area contributed by atoms with E-state index in [4.69, 9.17) is 0 Å². The molecule has 486 valence electrons. The van der Waals surface area contributed by atoms with Crippen molar-refractivity contribution in [2.24, 2.45) is 0 Å². The van der Waals surface area contributed by atoms with Crippen LogP contribution in [0.15, 0.2) is 212 Å². The molecule has 0 radical (unpaired) electrons. The summed E-state index contributed by atoms with van der Waals surface area (Å²) in [4.78, 5) is 0. The maximum atomic E-state index is 9.75. The fourth-order valence-electron chi connectivity index (χ4n) is 7.02. The van der Waals surface area contributed by atoms with Gasteiger partial charge in [-0.1, -0.05) is 197 Å². The highest BCUT2D eigenvalue weighted by atomic mass is 127. The summed E-state index contributed by atoms with van der Waals surface area (Å²) in [5.74, 6) is 0. The summed E-state index contributed by atoms with van der Waals surface area (Å²) in [6.07, 6.45) is 16.2. The number of hydrogen-bond donors (Lipinski definition) is 0. The SMILES string of the molecule is CCCCCCCc1ccc([I+]c2ccc(CCCCCCC)cc2)cc1.Cc1ccc([I+]c2ccc(C)cc2)cc1.Cc1ccc([I+]c2ccccc2)cc1.F[B-](F)(F)F.F[B-](F)(F)F.F[B-](F)(F)F.F[B-](F)(F)F.c1ccc([I+]c2ccccc2)cc1. The van der Waals surface area contributed by atoms with Gasteiger partial charge in [0.2, 0.25) is 0 Å². The van der Waals surface area contributed by atoms with Gasteiger partial charge in [-0.15, -0.1) is 0 Å². The van der Waals surface area contributed by atoms with Gasteiger partial charge in [0, 0.05) is 0 Å². The van der Waals surface area contributed by atoms with Gasteiger partial charge in [-0.25, -0.2) is 0 Å². The molecule has 24 heteroatoms. The van der Waals surface area contributed by atoms with Crippen molar-refractivity contribution >= 4 is 29.0 Å². The summed E-state index contributed by atoms with van der Waals surface area (Å²) in [5, 5.41) is 0. The zero-order chi connectivity index (χ0) is 66.6. The minimum absolute atomic E-state index is 0.00313.